The number of rotatable bonds is 22. The van der Waals surface area contributed by atoms with Crippen molar-refractivity contribution in [3.63, 3.8) is 0 Å². The SMILES string of the molecule is CCC(CC)(COCCOCCOCCO)COCCOCCOCCO. The van der Waals surface area contributed by atoms with E-state index in [9.17, 15) is 0 Å². The third kappa shape index (κ3) is 16.3. The lowest BCUT2D eigenvalue weighted by Crippen LogP contribution is -2.32. The van der Waals surface area contributed by atoms with Gasteiger partial charge in [-0.3, -0.25) is 0 Å². The van der Waals surface area contributed by atoms with Gasteiger partial charge < -0.3 is 38.6 Å². The summed E-state index contributed by atoms with van der Waals surface area (Å²) in [5, 5.41) is 17.2. The van der Waals surface area contributed by atoms with E-state index in [1.165, 1.54) is 0 Å². The predicted octanol–water partition coefficient (Wildman–Crippen LogP) is 0.877. The number of hydrogen-bond acceptors (Lipinski definition) is 8. The van der Waals surface area contributed by atoms with E-state index >= 15 is 0 Å². The zero-order valence-electron chi connectivity index (χ0n) is 17.2. The molecule has 2 N–H and O–H groups in total. The molecule has 0 heterocycles. The van der Waals surface area contributed by atoms with Crippen molar-refractivity contribution < 1.29 is 38.6 Å². The molecular formula is C19H40O8. The second-order valence-corrected chi connectivity index (χ2v) is 6.21. The molecule has 0 saturated carbocycles. The van der Waals surface area contributed by atoms with Gasteiger partial charge >= 0.3 is 0 Å². The van der Waals surface area contributed by atoms with E-state index in [0.717, 1.165) is 12.8 Å². The minimum atomic E-state index is 0.00841. The molecule has 0 spiro atoms. The van der Waals surface area contributed by atoms with Crippen LogP contribution in [0.5, 0.6) is 0 Å². The first kappa shape index (κ1) is 26.7. The quantitative estimate of drug-likeness (QED) is 0.260. The van der Waals surface area contributed by atoms with Crippen molar-refractivity contribution in [1.82, 2.24) is 0 Å². The van der Waals surface area contributed by atoms with E-state index < -0.39 is 0 Å². The van der Waals surface area contributed by atoms with Crippen molar-refractivity contribution in [2.75, 3.05) is 92.5 Å². The Morgan fingerprint density at radius 2 is 0.778 bits per heavy atom. The molecule has 0 bridgehead atoms. The molecule has 0 aliphatic carbocycles. The molecule has 0 aliphatic rings. The standard InChI is InChI=1S/C19H40O8/c1-3-19(4-2,17-26-15-13-24-11-9-22-7-5-20)18-27-16-14-25-12-10-23-8-6-21/h20-21H,3-18H2,1-2H3. The zero-order chi connectivity index (χ0) is 20.1. The first-order valence-electron chi connectivity index (χ1n) is 9.92. The van der Waals surface area contributed by atoms with E-state index in [2.05, 4.69) is 13.8 Å². The number of ether oxygens (including phenoxy) is 6. The average Bonchev–Trinajstić information content (AvgIpc) is 2.70. The highest BCUT2D eigenvalue weighted by molar-refractivity contribution is 4.76. The number of hydrogen-bond donors (Lipinski definition) is 2. The van der Waals surface area contributed by atoms with Crippen molar-refractivity contribution in [3.8, 4) is 0 Å². The maximum absolute atomic E-state index is 8.59. The fourth-order valence-electron chi connectivity index (χ4n) is 2.29. The molecule has 0 aliphatic heterocycles. The highest BCUT2D eigenvalue weighted by Gasteiger charge is 2.26. The van der Waals surface area contributed by atoms with Gasteiger partial charge in [0.25, 0.3) is 0 Å². The minimum Gasteiger partial charge on any atom is -0.394 e. The van der Waals surface area contributed by atoms with E-state index in [1.807, 2.05) is 0 Å². The van der Waals surface area contributed by atoms with Gasteiger partial charge in [-0.25, -0.2) is 0 Å². The number of aliphatic hydroxyl groups is 2. The van der Waals surface area contributed by atoms with E-state index in [4.69, 9.17) is 38.6 Å². The molecule has 8 heteroatoms. The van der Waals surface area contributed by atoms with Crippen molar-refractivity contribution in [2.24, 2.45) is 5.41 Å². The Morgan fingerprint density at radius 1 is 0.481 bits per heavy atom. The fraction of sp³-hybridized carbons (Fsp3) is 1.00. The normalized spacial score (nSPS) is 12.0. The summed E-state index contributed by atoms with van der Waals surface area (Å²) < 4.78 is 32.6. The Morgan fingerprint density at radius 3 is 1.07 bits per heavy atom. The second-order valence-electron chi connectivity index (χ2n) is 6.21. The molecule has 0 atom stereocenters. The summed E-state index contributed by atoms with van der Waals surface area (Å²) in [5.41, 5.74) is 0.00841. The highest BCUT2D eigenvalue weighted by Crippen LogP contribution is 2.27. The van der Waals surface area contributed by atoms with Crippen molar-refractivity contribution in [3.05, 3.63) is 0 Å². The third-order valence-corrected chi connectivity index (χ3v) is 4.28. The molecule has 27 heavy (non-hydrogen) atoms. The van der Waals surface area contributed by atoms with Crippen LogP contribution in [-0.2, 0) is 28.4 Å². The van der Waals surface area contributed by atoms with Gasteiger partial charge in [-0.05, 0) is 12.8 Å². The van der Waals surface area contributed by atoms with Crippen LogP contribution < -0.4 is 0 Å². The molecular weight excluding hydrogens is 356 g/mol. The fourth-order valence-corrected chi connectivity index (χ4v) is 2.29. The first-order valence-corrected chi connectivity index (χ1v) is 9.92. The van der Waals surface area contributed by atoms with E-state index in [1.54, 1.807) is 0 Å². The molecule has 0 saturated heterocycles. The van der Waals surface area contributed by atoms with Gasteiger partial charge in [0, 0.05) is 5.41 Å². The van der Waals surface area contributed by atoms with Gasteiger partial charge in [-0.2, -0.15) is 0 Å². The maximum atomic E-state index is 8.59. The molecule has 0 fully saturated rings. The molecule has 8 nitrogen and oxygen atoms in total. The Hall–Kier alpha value is -0.320. The lowest BCUT2D eigenvalue weighted by molar-refractivity contribution is -0.0562. The van der Waals surface area contributed by atoms with Crippen LogP contribution in [0.15, 0.2) is 0 Å². The Bertz CT molecular complexity index is 263. The Kier molecular flexibility index (Phi) is 20.2. The Balaban J connectivity index is 3.67. The summed E-state index contributed by atoms with van der Waals surface area (Å²) in [6.07, 6.45) is 1.96. The van der Waals surface area contributed by atoms with Crippen molar-refractivity contribution in [1.29, 1.82) is 0 Å². The van der Waals surface area contributed by atoms with Crippen LogP contribution in [0.4, 0.5) is 0 Å². The van der Waals surface area contributed by atoms with Crippen LogP contribution in [0.25, 0.3) is 0 Å². The lowest BCUT2D eigenvalue weighted by Gasteiger charge is -2.31. The van der Waals surface area contributed by atoms with Gasteiger partial charge in [0.15, 0.2) is 0 Å². The summed E-state index contributed by atoms with van der Waals surface area (Å²) in [6, 6.07) is 0. The van der Waals surface area contributed by atoms with Crippen LogP contribution in [0.3, 0.4) is 0 Å². The van der Waals surface area contributed by atoms with E-state index in [0.29, 0.717) is 79.3 Å². The smallest absolute Gasteiger partial charge is 0.0701 e. The third-order valence-electron chi connectivity index (χ3n) is 4.28. The molecule has 0 amide bonds. The van der Waals surface area contributed by atoms with Crippen LogP contribution >= 0.6 is 0 Å². The van der Waals surface area contributed by atoms with Gasteiger partial charge in [0.05, 0.1) is 92.5 Å². The average molecular weight is 397 g/mol. The van der Waals surface area contributed by atoms with Gasteiger partial charge in [-0.15, -0.1) is 0 Å². The first-order chi connectivity index (χ1) is 13.2. The molecule has 0 aromatic rings. The van der Waals surface area contributed by atoms with E-state index in [-0.39, 0.29) is 18.6 Å². The second kappa shape index (κ2) is 20.4. The highest BCUT2D eigenvalue weighted by atomic mass is 16.6. The van der Waals surface area contributed by atoms with Gasteiger partial charge in [0.1, 0.15) is 0 Å². The molecule has 0 aromatic carbocycles. The summed E-state index contributed by atoms with van der Waals surface area (Å²) in [5.74, 6) is 0. The van der Waals surface area contributed by atoms with Crippen LogP contribution in [-0.4, -0.2) is 103 Å². The zero-order valence-corrected chi connectivity index (χ0v) is 17.2. The summed E-state index contributed by atoms with van der Waals surface area (Å²) >= 11 is 0. The van der Waals surface area contributed by atoms with Crippen LogP contribution in [0, 0.1) is 5.41 Å². The van der Waals surface area contributed by atoms with Gasteiger partial charge in [0.2, 0.25) is 0 Å². The lowest BCUT2D eigenvalue weighted by atomic mass is 9.84. The van der Waals surface area contributed by atoms with Crippen molar-refractivity contribution in [2.45, 2.75) is 26.7 Å². The summed E-state index contributed by atoms with van der Waals surface area (Å²) in [4.78, 5) is 0. The molecule has 0 aromatic heterocycles. The summed E-state index contributed by atoms with van der Waals surface area (Å²) in [7, 11) is 0. The summed E-state index contributed by atoms with van der Waals surface area (Å²) in [6.45, 7) is 10.5. The monoisotopic (exact) mass is 396 g/mol. The topological polar surface area (TPSA) is 95.8 Å². The van der Waals surface area contributed by atoms with Crippen LogP contribution in [0.2, 0.25) is 0 Å². The molecule has 0 rings (SSSR count). The number of aliphatic hydroxyl groups excluding tert-OH is 2. The molecule has 164 valence electrons. The van der Waals surface area contributed by atoms with Crippen molar-refractivity contribution >= 4 is 0 Å². The van der Waals surface area contributed by atoms with Gasteiger partial charge in [-0.1, -0.05) is 13.8 Å². The maximum Gasteiger partial charge on any atom is 0.0701 e. The predicted molar refractivity (Wildman–Crippen MR) is 102 cm³/mol. The van der Waals surface area contributed by atoms with Crippen LogP contribution in [0.1, 0.15) is 26.7 Å². The minimum absolute atomic E-state index is 0.00841. The Labute approximate surface area is 164 Å². The molecule has 0 radical (unpaired) electrons. The largest absolute Gasteiger partial charge is 0.394 e. The molecule has 0 unspecified atom stereocenters.